The maximum atomic E-state index is 12.3. The molecule has 2 rings (SSSR count). The highest BCUT2D eigenvalue weighted by Gasteiger charge is 2.20. The number of aliphatic hydroxyl groups excluding tert-OH is 1. The summed E-state index contributed by atoms with van der Waals surface area (Å²) < 4.78 is 5.66. The number of benzene rings is 1. The number of aromatic nitrogens is 1. The average Bonchev–Trinajstić information content (AvgIpc) is 2.59. The lowest BCUT2D eigenvalue weighted by atomic mass is 9.88. The van der Waals surface area contributed by atoms with Crippen LogP contribution in [0.15, 0.2) is 48.7 Å². The Labute approximate surface area is 149 Å². The quantitative estimate of drug-likeness (QED) is 0.811. The number of carbonyl (C=O) groups is 1. The first kappa shape index (κ1) is 18.9. The molecule has 134 valence electrons. The molecule has 1 aromatic carbocycles. The lowest BCUT2D eigenvalue weighted by Crippen LogP contribution is -2.40. The van der Waals surface area contributed by atoms with Crippen molar-refractivity contribution in [1.82, 2.24) is 10.3 Å². The van der Waals surface area contributed by atoms with Gasteiger partial charge in [0.2, 0.25) is 0 Å². The van der Waals surface area contributed by atoms with E-state index in [1.807, 2.05) is 18.2 Å². The number of ether oxygens (including phenoxy) is 1. The van der Waals surface area contributed by atoms with E-state index in [2.05, 4.69) is 31.1 Å². The summed E-state index contributed by atoms with van der Waals surface area (Å²) in [6.45, 7) is 6.54. The predicted octanol–water partition coefficient (Wildman–Crippen LogP) is 3.19. The molecule has 0 radical (unpaired) electrons. The van der Waals surface area contributed by atoms with Gasteiger partial charge in [-0.2, -0.15) is 0 Å². The number of rotatable bonds is 7. The summed E-state index contributed by atoms with van der Waals surface area (Å²) in [7, 11) is 0. The second-order valence-electron chi connectivity index (χ2n) is 7.25. The monoisotopic (exact) mass is 342 g/mol. The van der Waals surface area contributed by atoms with Gasteiger partial charge < -0.3 is 15.2 Å². The van der Waals surface area contributed by atoms with E-state index >= 15 is 0 Å². The van der Waals surface area contributed by atoms with Crippen molar-refractivity contribution in [2.45, 2.75) is 39.8 Å². The molecule has 5 nitrogen and oxygen atoms in total. The Bertz CT molecular complexity index is 664. The first-order chi connectivity index (χ1) is 11.9. The maximum absolute atomic E-state index is 12.3. The summed E-state index contributed by atoms with van der Waals surface area (Å²) in [5.41, 5.74) is 1.42. The molecule has 0 bridgehead atoms. The number of nitrogens with zero attached hydrogens (tertiary/aromatic N) is 1. The van der Waals surface area contributed by atoms with Gasteiger partial charge in [-0.05, 0) is 48.2 Å². The van der Waals surface area contributed by atoms with Crippen LogP contribution < -0.4 is 10.1 Å². The molecule has 1 heterocycles. The zero-order valence-electron chi connectivity index (χ0n) is 15.0. The van der Waals surface area contributed by atoms with E-state index in [9.17, 15) is 9.90 Å². The fraction of sp³-hybridized carbons (Fsp3) is 0.400. The van der Waals surface area contributed by atoms with Gasteiger partial charge in [-0.3, -0.25) is 9.78 Å². The molecule has 25 heavy (non-hydrogen) atoms. The third-order valence-corrected chi connectivity index (χ3v) is 3.64. The second kappa shape index (κ2) is 8.62. The standard InChI is InChI=1S/C20H26N2O3/c1-20(2,3)12-17(13-23)22-19(24)15-7-9-18(10-8-15)25-14-16-6-4-5-11-21-16/h4-11,17,23H,12-14H2,1-3H3,(H,22,24). The molecule has 1 aromatic heterocycles. The average molecular weight is 342 g/mol. The molecule has 0 saturated carbocycles. The highest BCUT2D eigenvalue weighted by Crippen LogP contribution is 2.21. The van der Waals surface area contributed by atoms with E-state index in [4.69, 9.17) is 4.74 Å². The Kier molecular flexibility index (Phi) is 6.53. The molecular weight excluding hydrogens is 316 g/mol. The zero-order valence-corrected chi connectivity index (χ0v) is 15.0. The van der Waals surface area contributed by atoms with E-state index in [1.54, 1.807) is 30.5 Å². The minimum atomic E-state index is -0.257. The number of nitrogens with one attached hydrogen (secondary N) is 1. The summed E-state index contributed by atoms with van der Waals surface area (Å²) in [4.78, 5) is 16.5. The molecule has 1 amide bonds. The zero-order chi connectivity index (χ0) is 18.3. The van der Waals surface area contributed by atoms with Gasteiger partial charge in [0.1, 0.15) is 12.4 Å². The lowest BCUT2D eigenvalue weighted by molar-refractivity contribution is 0.0897. The summed E-state index contributed by atoms with van der Waals surface area (Å²) >= 11 is 0. The number of hydrogen-bond donors (Lipinski definition) is 2. The van der Waals surface area contributed by atoms with Crippen LogP contribution in [0.25, 0.3) is 0 Å². The maximum Gasteiger partial charge on any atom is 0.251 e. The van der Waals surface area contributed by atoms with Crippen LogP contribution in [0.1, 0.15) is 43.2 Å². The molecule has 0 fully saturated rings. The van der Waals surface area contributed by atoms with Crippen molar-refractivity contribution < 1.29 is 14.6 Å². The highest BCUT2D eigenvalue weighted by atomic mass is 16.5. The van der Waals surface area contributed by atoms with Crippen LogP contribution in [0.5, 0.6) is 5.75 Å². The molecule has 0 saturated heterocycles. The summed E-state index contributed by atoms with van der Waals surface area (Å²) in [5.74, 6) is 0.482. The van der Waals surface area contributed by atoms with Gasteiger partial charge in [0.25, 0.3) is 5.91 Å². The smallest absolute Gasteiger partial charge is 0.251 e. The largest absolute Gasteiger partial charge is 0.487 e. The minimum Gasteiger partial charge on any atom is -0.487 e. The SMILES string of the molecule is CC(C)(C)CC(CO)NC(=O)c1ccc(OCc2ccccn2)cc1. The molecule has 0 aliphatic carbocycles. The molecule has 2 N–H and O–H groups in total. The van der Waals surface area contributed by atoms with Gasteiger partial charge in [-0.15, -0.1) is 0 Å². The van der Waals surface area contributed by atoms with Crippen molar-refractivity contribution in [2.75, 3.05) is 6.61 Å². The van der Waals surface area contributed by atoms with Gasteiger partial charge in [-0.25, -0.2) is 0 Å². The Morgan fingerprint density at radius 2 is 1.92 bits per heavy atom. The van der Waals surface area contributed by atoms with Gasteiger partial charge >= 0.3 is 0 Å². The molecule has 1 unspecified atom stereocenters. The minimum absolute atomic E-state index is 0.0316. The summed E-state index contributed by atoms with van der Waals surface area (Å²) in [6, 6.07) is 12.4. The predicted molar refractivity (Wildman–Crippen MR) is 97.4 cm³/mol. The number of carbonyl (C=O) groups excluding carboxylic acids is 1. The Hall–Kier alpha value is -2.40. The van der Waals surface area contributed by atoms with E-state index in [0.29, 0.717) is 24.3 Å². The van der Waals surface area contributed by atoms with Crippen molar-refractivity contribution >= 4 is 5.91 Å². The molecule has 0 spiro atoms. The topological polar surface area (TPSA) is 71.5 Å². The van der Waals surface area contributed by atoms with Crippen molar-refractivity contribution in [2.24, 2.45) is 5.41 Å². The molecule has 0 aliphatic heterocycles. The van der Waals surface area contributed by atoms with E-state index in [0.717, 1.165) is 5.69 Å². The van der Waals surface area contributed by atoms with Gasteiger partial charge in [0.05, 0.1) is 18.3 Å². The lowest BCUT2D eigenvalue weighted by Gasteiger charge is -2.25. The van der Waals surface area contributed by atoms with Crippen LogP contribution in [0.3, 0.4) is 0 Å². The fourth-order valence-electron chi connectivity index (χ4n) is 2.51. The number of hydrogen-bond acceptors (Lipinski definition) is 4. The Morgan fingerprint density at radius 1 is 1.20 bits per heavy atom. The van der Waals surface area contributed by atoms with Crippen LogP contribution >= 0.6 is 0 Å². The van der Waals surface area contributed by atoms with E-state index in [-0.39, 0.29) is 24.0 Å². The molecular formula is C20H26N2O3. The van der Waals surface area contributed by atoms with Crippen molar-refractivity contribution in [3.63, 3.8) is 0 Å². The fourth-order valence-corrected chi connectivity index (χ4v) is 2.51. The normalized spacial score (nSPS) is 12.5. The molecule has 0 aliphatic rings. The van der Waals surface area contributed by atoms with Crippen LogP contribution in [0.2, 0.25) is 0 Å². The number of aliphatic hydroxyl groups is 1. The van der Waals surface area contributed by atoms with Gasteiger partial charge in [-0.1, -0.05) is 26.8 Å². The number of pyridine rings is 1. The Balaban J connectivity index is 1.91. The first-order valence-electron chi connectivity index (χ1n) is 8.42. The Morgan fingerprint density at radius 3 is 2.48 bits per heavy atom. The van der Waals surface area contributed by atoms with Crippen molar-refractivity contribution in [3.8, 4) is 5.75 Å². The van der Waals surface area contributed by atoms with Crippen LogP contribution in [0.4, 0.5) is 0 Å². The highest BCUT2D eigenvalue weighted by molar-refractivity contribution is 5.94. The second-order valence-corrected chi connectivity index (χ2v) is 7.25. The first-order valence-corrected chi connectivity index (χ1v) is 8.42. The van der Waals surface area contributed by atoms with Crippen LogP contribution in [0, 0.1) is 5.41 Å². The summed E-state index contributed by atoms with van der Waals surface area (Å²) in [6.07, 6.45) is 2.43. The van der Waals surface area contributed by atoms with E-state index < -0.39 is 0 Å². The van der Waals surface area contributed by atoms with Crippen LogP contribution in [-0.4, -0.2) is 28.6 Å². The molecule has 5 heteroatoms. The third kappa shape index (κ3) is 6.55. The van der Waals surface area contributed by atoms with E-state index in [1.165, 1.54) is 0 Å². The molecule has 2 aromatic rings. The molecule has 1 atom stereocenters. The van der Waals surface area contributed by atoms with Crippen molar-refractivity contribution in [3.05, 3.63) is 59.9 Å². The summed E-state index contributed by atoms with van der Waals surface area (Å²) in [5, 5.41) is 12.3. The number of amides is 1. The van der Waals surface area contributed by atoms with Crippen LogP contribution in [-0.2, 0) is 6.61 Å². The van der Waals surface area contributed by atoms with Gasteiger partial charge in [0.15, 0.2) is 0 Å². The third-order valence-electron chi connectivity index (χ3n) is 3.64. The van der Waals surface area contributed by atoms with Gasteiger partial charge in [0, 0.05) is 11.8 Å². The van der Waals surface area contributed by atoms with Crippen molar-refractivity contribution in [1.29, 1.82) is 0 Å².